The summed E-state index contributed by atoms with van der Waals surface area (Å²) in [7, 11) is -3.65. The molecule has 0 aliphatic carbocycles. The number of hydrogen-bond donors (Lipinski definition) is 1. The first-order valence-electron chi connectivity index (χ1n) is 9.62. The van der Waals surface area contributed by atoms with Crippen LogP contribution in [0.5, 0.6) is 5.75 Å². The molecule has 0 radical (unpaired) electrons. The molecule has 1 heterocycles. The maximum absolute atomic E-state index is 13.0. The van der Waals surface area contributed by atoms with Crippen molar-refractivity contribution in [2.45, 2.75) is 29.6 Å². The predicted octanol–water partition coefficient (Wildman–Crippen LogP) is 3.85. The van der Waals surface area contributed by atoms with E-state index in [1.54, 1.807) is 36.0 Å². The van der Waals surface area contributed by atoms with Gasteiger partial charge in [-0.2, -0.15) is 4.31 Å². The van der Waals surface area contributed by atoms with Gasteiger partial charge in [-0.25, -0.2) is 8.42 Å². The number of carbonyl (C=O) groups excluding carboxylic acids is 1. The van der Waals surface area contributed by atoms with Gasteiger partial charge in [0.1, 0.15) is 5.75 Å². The molecule has 1 aliphatic rings. The molecule has 156 valence electrons. The highest BCUT2D eigenvalue weighted by molar-refractivity contribution is 7.98. The molecule has 1 fully saturated rings. The molecule has 29 heavy (non-hydrogen) atoms. The van der Waals surface area contributed by atoms with Gasteiger partial charge in [-0.1, -0.05) is 6.07 Å². The van der Waals surface area contributed by atoms with E-state index >= 15 is 0 Å². The van der Waals surface area contributed by atoms with E-state index in [1.807, 2.05) is 37.4 Å². The van der Waals surface area contributed by atoms with E-state index in [0.717, 1.165) is 10.6 Å². The molecule has 0 aromatic heterocycles. The van der Waals surface area contributed by atoms with Crippen molar-refractivity contribution in [3.8, 4) is 5.75 Å². The largest absolute Gasteiger partial charge is 0.494 e. The van der Waals surface area contributed by atoms with Crippen LogP contribution >= 0.6 is 11.8 Å². The van der Waals surface area contributed by atoms with Gasteiger partial charge in [0.25, 0.3) is 0 Å². The topological polar surface area (TPSA) is 75.7 Å². The molecule has 2 aromatic rings. The number of hydrogen-bond acceptors (Lipinski definition) is 5. The first-order valence-corrected chi connectivity index (χ1v) is 12.3. The summed E-state index contributed by atoms with van der Waals surface area (Å²) in [6.07, 6.45) is 3.30. The Morgan fingerprint density at radius 3 is 2.69 bits per heavy atom. The summed E-state index contributed by atoms with van der Waals surface area (Å²) < 4.78 is 32.8. The van der Waals surface area contributed by atoms with Gasteiger partial charge < -0.3 is 10.1 Å². The molecule has 6 nitrogen and oxygen atoms in total. The van der Waals surface area contributed by atoms with Gasteiger partial charge in [0, 0.05) is 23.7 Å². The minimum Gasteiger partial charge on any atom is -0.494 e. The van der Waals surface area contributed by atoms with E-state index in [-0.39, 0.29) is 23.3 Å². The zero-order chi connectivity index (χ0) is 20.9. The Labute approximate surface area is 176 Å². The second kappa shape index (κ2) is 9.65. The van der Waals surface area contributed by atoms with Crippen LogP contribution in [-0.4, -0.2) is 44.6 Å². The van der Waals surface area contributed by atoms with Crippen LogP contribution in [0, 0.1) is 5.92 Å². The maximum Gasteiger partial charge on any atom is 0.243 e. The van der Waals surface area contributed by atoms with Crippen LogP contribution in [0.4, 0.5) is 5.69 Å². The first kappa shape index (κ1) is 21.7. The molecular formula is C21H26N2O4S2. The molecule has 1 aliphatic heterocycles. The first-order chi connectivity index (χ1) is 13.9. The molecule has 0 spiro atoms. The van der Waals surface area contributed by atoms with Gasteiger partial charge in [-0.05, 0) is 68.5 Å². The lowest BCUT2D eigenvalue weighted by Crippen LogP contribution is -2.43. The lowest BCUT2D eigenvalue weighted by atomic mass is 9.99. The number of amides is 1. The van der Waals surface area contributed by atoms with Gasteiger partial charge >= 0.3 is 0 Å². The van der Waals surface area contributed by atoms with Crippen molar-refractivity contribution in [2.75, 3.05) is 31.3 Å². The van der Waals surface area contributed by atoms with E-state index in [0.29, 0.717) is 31.7 Å². The summed E-state index contributed by atoms with van der Waals surface area (Å²) in [6.45, 7) is 3.00. The van der Waals surface area contributed by atoms with Crippen molar-refractivity contribution >= 4 is 33.4 Å². The summed E-state index contributed by atoms with van der Waals surface area (Å²) >= 11 is 1.60. The third kappa shape index (κ3) is 5.32. The van der Waals surface area contributed by atoms with E-state index in [1.165, 1.54) is 4.31 Å². The minimum absolute atomic E-state index is 0.144. The fraction of sp³-hybridized carbons (Fsp3) is 0.381. The van der Waals surface area contributed by atoms with E-state index in [2.05, 4.69) is 5.32 Å². The molecule has 0 bridgehead atoms. The third-order valence-corrected chi connectivity index (χ3v) is 7.47. The minimum atomic E-state index is -3.65. The van der Waals surface area contributed by atoms with Crippen LogP contribution in [0.1, 0.15) is 19.8 Å². The van der Waals surface area contributed by atoms with Gasteiger partial charge in [0.15, 0.2) is 0 Å². The molecule has 0 saturated carbocycles. The highest BCUT2D eigenvalue weighted by Crippen LogP contribution is 2.26. The summed E-state index contributed by atoms with van der Waals surface area (Å²) in [5.74, 6) is 0.115. The molecule has 1 atom stereocenters. The number of piperidine rings is 1. The molecular weight excluding hydrogens is 408 g/mol. The van der Waals surface area contributed by atoms with Crippen LogP contribution in [-0.2, 0) is 14.8 Å². The number of carbonyl (C=O) groups is 1. The Bertz CT molecular complexity index is 945. The number of sulfonamides is 1. The van der Waals surface area contributed by atoms with Crippen molar-refractivity contribution in [3.63, 3.8) is 0 Å². The lowest BCUT2D eigenvalue weighted by Gasteiger charge is -2.31. The van der Waals surface area contributed by atoms with Crippen LogP contribution in [0.3, 0.4) is 0 Å². The average Bonchev–Trinajstić information content (AvgIpc) is 2.74. The Hall–Kier alpha value is -2.03. The number of thioether (sulfide) groups is 1. The third-order valence-electron chi connectivity index (χ3n) is 4.86. The van der Waals surface area contributed by atoms with Crippen molar-refractivity contribution < 1.29 is 17.9 Å². The summed E-state index contributed by atoms with van der Waals surface area (Å²) in [6, 6.07) is 14.0. The summed E-state index contributed by atoms with van der Waals surface area (Å²) in [5, 5.41) is 2.93. The van der Waals surface area contributed by atoms with Crippen LogP contribution in [0.2, 0.25) is 0 Å². The fourth-order valence-corrected chi connectivity index (χ4v) is 5.33. The number of rotatable bonds is 7. The predicted molar refractivity (Wildman–Crippen MR) is 116 cm³/mol. The van der Waals surface area contributed by atoms with Gasteiger partial charge in [0.05, 0.1) is 17.4 Å². The lowest BCUT2D eigenvalue weighted by molar-refractivity contribution is -0.120. The zero-order valence-corrected chi connectivity index (χ0v) is 18.3. The highest BCUT2D eigenvalue weighted by Gasteiger charge is 2.33. The molecule has 1 amide bonds. The fourth-order valence-electron chi connectivity index (χ4n) is 3.34. The average molecular weight is 435 g/mol. The molecule has 8 heteroatoms. The van der Waals surface area contributed by atoms with Crippen LogP contribution in [0.25, 0.3) is 0 Å². The van der Waals surface area contributed by atoms with E-state index in [9.17, 15) is 13.2 Å². The second-order valence-corrected chi connectivity index (χ2v) is 9.65. The van der Waals surface area contributed by atoms with Crippen LogP contribution in [0.15, 0.2) is 58.3 Å². The van der Waals surface area contributed by atoms with Crippen molar-refractivity contribution in [1.29, 1.82) is 0 Å². The quantitative estimate of drug-likeness (QED) is 0.670. The number of anilines is 1. The highest BCUT2D eigenvalue weighted by atomic mass is 32.2. The molecule has 1 saturated heterocycles. The normalized spacial score (nSPS) is 17.7. The Balaban J connectivity index is 1.69. The molecule has 0 unspecified atom stereocenters. The molecule has 2 aromatic carbocycles. The van der Waals surface area contributed by atoms with Gasteiger partial charge in [-0.3, -0.25) is 4.79 Å². The van der Waals surface area contributed by atoms with Crippen LogP contribution < -0.4 is 10.1 Å². The second-order valence-electron chi connectivity index (χ2n) is 6.83. The summed E-state index contributed by atoms with van der Waals surface area (Å²) in [5.41, 5.74) is 0.730. The smallest absolute Gasteiger partial charge is 0.243 e. The molecule has 1 N–H and O–H groups in total. The van der Waals surface area contributed by atoms with Crippen molar-refractivity contribution in [1.82, 2.24) is 4.31 Å². The van der Waals surface area contributed by atoms with Gasteiger partial charge in [0.2, 0.25) is 15.9 Å². The van der Waals surface area contributed by atoms with E-state index in [4.69, 9.17) is 4.74 Å². The maximum atomic E-state index is 13.0. The SMILES string of the molecule is CCOc1ccc(S(=O)(=O)N2CCC[C@@H](C(=O)Nc3cccc(SC)c3)C2)cc1. The van der Waals surface area contributed by atoms with Crippen molar-refractivity contribution in [2.24, 2.45) is 5.92 Å². The molecule has 3 rings (SSSR count). The standard InChI is InChI=1S/C21H26N2O4S2/c1-3-27-18-9-11-20(12-10-18)29(25,26)23-13-5-6-16(15-23)21(24)22-17-7-4-8-19(14-17)28-2/h4,7-12,14,16H,3,5-6,13,15H2,1-2H3,(H,22,24)/t16-/m1/s1. The Kier molecular flexibility index (Phi) is 7.21. The number of nitrogens with one attached hydrogen (secondary N) is 1. The van der Waals surface area contributed by atoms with E-state index < -0.39 is 10.0 Å². The van der Waals surface area contributed by atoms with Gasteiger partial charge in [-0.15, -0.1) is 11.8 Å². The monoisotopic (exact) mass is 434 g/mol. The zero-order valence-electron chi connectivity index (χ0n) is 16.6. The number of ether oxygens (including phenoxy) is 1. The number of nitrogens with zero attached hydrogens (tertiary/aromatic N) is 1. The number of benzene rings is 2. The Morgan fingerprint density at radius 1 is 1.24 bits per heavy atom. The Morgan fingerprint density at radius 2 is 2.00 bits per heavy atom. The summed E-state index contributed by atoms with van der Waals surface area (Å²) in [4.78, 5) is 14.0. The van der Waals surface area contributed by atoms with Crippen molar-refractivity contribution in [3.05, 3.63) is 48.5 Å².